The highest BCUT2D eigenvalue weighted by atomic mass is 16.2. The molecule has 0 aliphatic rings. The molecular weight excluding hydrogens is 200 g/mol. The lowest BCUT2D eigenvalue weighted by Gasteiger charge is -2.34. The average Bonchev–Trinajstić information content (AvgIpc) is 2.23. The molecule has 0 heterocycles. The fraction of sp³-hybridized carbons (Fsp3) is 0.923. The lowest BCUT2D eigenvalue weighted by Crippen LogP contribution is -2.54. The highest BCUT2D eigenvalue weighted by Crippen LogP contribution is 2.12. The van der Waals surface area contributed by atoms with Gasteiger partial charge >= 0.3 is 0 Å². The van der Waals surface area contributed by atoms with Gasteiger partial charge < -0.3 is 10.2 Å². The van der Waals surface area contributed by atoms with Gasteiger partial charge in [0, 0.05) is 12.6 Å². The SMILES string of the molecule is CCCCCN(C(=O)C(C)(C)NC)C(C)C. The van der Waals surface area contributed by atoms with Gasteiger partial charge in [-0.1, -0.05) is 19.8 Å². The molecule has 0 saturated carbocycles. The Labute approximate surface area is 101 Å². The van der Waals surface area contributed by atoms with Gasteiger partial charge in [-0.05, 0) is 41.2 Å². The number of carbonyl (C=O) groups excluding carboxylic acids is 1. The van der Waals surface area contributed by atoms with Crippen molar-refractivity contribution < 1.29 is 4.79 Å². The zero-order valence-electron chi connectivity index (χ0n) is 11.8. The van der Waals surface area contributed by atoms with Crippen molar-refractivity contribution >= 4 is 5.91 Å². The van der Waals surface area contributed by atoms with E-state index in [1.807, 2.05) is 25.8 Å². The van der Waals surface area contributed by atoms with Gasteiger partial charge in [-0.15, -0.1) is 0 Å². The largest absolute Gasteiger partial charge is 0.339 e. The minimum absolute atomic E-state index is 0.195. The smallest absolute Gasteiger partial charge is 0.242 e. The van der Waals surface area contributed by atoms with Crippen molar-refractivity contribution in [3.05, 3.63) is 0 Å². The Morgan fingerprint density at radius 2 is 1.88 bits per heavy atom. The predicted octanol–water partition coefficient (Wildman–Crippen LogP) is 2.41. The van der Waals surface area contributed by atoms with Gasteiger partial charge in [0.2, 0.25) is 5.91 Å². The molecule has 0 unspecified atom stereocenters. The monoisotopic (exact) mass is 228 g/mol. The predicted molar refractivity (Wildman–Crippen MR) is 69.5 cm³/mol. The fourth-order valence-electron chi connectivity index (χ4n) is 1.59. The van der Waals surface area contributed by atoms with Crippen molar-refractivity contribution in [3.63, 3.8) is 0 Å². The molecule has 0 bridgehead atoms. The molecule has 1 amide bonds. The van der Waals surface area contributed by atoms with Crippen molar-refractivity contribution in [3.8, 4) is 0 Å². The minimum Gasteiger partial charge on any atom is -0.339 e. The topological polar surface area (TPSA) is 32.3 Å². The molecule has 0 aliphatic heterocycles. The minimum atomic E-state index is -0.462. The second kappa shape index (κ2) is 6.89. The van der Waals surface area contributed by atoms with E-state index in [2.05, 4.69) is 26.1 Å². The van der Waals surface area contributed by atoms with Gasteiger partial charge in [0.15, 0.2) is 0 Å². The second-order valence-electron chi connectivity index (χ2n) is 5.17. The molecule has 0 fully saturated rings. The Bertz CT molecular complexity index is 212. The molecule has 3 nitrogen and oxygen atoms in total. The molecule has 0 aromatic heterocycles. The third kappa shape index (κ3) is 4.52. The third-order valence-electron chi connectivity index (χ3n) is 3.05. The number of carbonyl (C=O) groups is 1. The van der Waals surface area contributed by atoms with Crippen LogP contribution >= 0.6 is 0 Å². The lowest BCUT2D eigenvalue weighted by atomic mass is 10.0. The molecule has 96 valence electrons. The van der Waals surface area contributed by atoms with Crippen molar-refractivity contribution in [2.75, 3.05) is 13.6 Å². The van der Waals surface area contributed by atoms with E-state index in [0.717, 1.165) is 13.0 Å². The van der Waals surface area contributed by atoms with Crippen molar-refractivity contribution in [2.45, 2.75) is 65.5 Å². The van der Waals surface area contributed by atoms with Gasteiger partial charge in [0.1, 0.15) is 0 Å². The Balaban J connectivity index is 4.47. The maximum atomic E-state index is 12.3. The van der Waals surface area contributed by atoms with Crippen LogP contribution in [0.4, 0.5) is 0 Å². The highest BCUT2D eigenvalue weighted by molar-refractivity contribution is 5.85. The molecule has 0 spiro atoms. The summed E-state index contributed by atoms with van der Waals surface area (Å²) >= 11 is 0. The van der Waals surface area contributed by atoms with Crippen LogP contribution < -0.4 is 5.32 Å². The van der Waals surface area contributed by atoms with E-state index < -0.39 is 5.54 Å². The molecule has 0 rings (SSSR count). The van der Waals surface area contributed by atoms with Crippen LogP contribution in [0, 0.1) is 0 Å². The first-order valence-electron chi connectivity index (χ1n) is 6.36. The number of unbranched alkanes of at least 4 members (excludes halogenated alkanes) is 2. The van der Waals surface area contributed by atoms with Crippen molar-refractivity contribution in [1.29, 1.82) is 0 Å². The zero-order chi connectivity index (χ0) is 12.8. The number of amides is 1. The van der Waals surface area contributed by atoms with Gasteiger partial charge in [-0.25, -0.2) is 0 Å². The van der Waals surface area contributed by atoms with Crippen LogP contribution in [0.3, 0.4) is 0 Å². The normalized spacial score (nSPS) is 11.9. The molecule has 1 N–H and O–H groups in total. The first kappa shape index (κ1) is 15.4. The van der Waals surface area contributed by atoms with Gasteiger partial charge in [-0.2, -0.15) is 0 Å². The summed E-state index contributed by atoms with van der Waals surface area (Å²) in [5.41, 5.74) is -0.462. The summed E-state index contributed by atoms with van der Waals surface area (Å²) in [6.45, 7) is 11.1. The van der Waals surface area contributed by atoms with Crippen LogP contribution in [-0.2, 0) is 4.79 Å². The number of rotatable bonds is 7. The van der Waals surface area contributed by atoms with Crippen LogP contribution in [0.2, 0.25) is 0 Å². The quantitative estimate of drug-likeness (QED) is 0.679. The van der Waals surface area contributed by atoms with Gasteiger partial charge in [-0.3, -0.25) is 4.79 Å². The molecule has 0 radical (unpaired) electrons. The van der Waals surface area contributed by atoms with E-state index in [4.69, 9.17) is 0 Å². The maximum Gasteiger partial charge on any atom is 0.242 e. The van der Waals surface area contributed by atoms with E-state index in [9.17, 15) is 4.79 Å². The van der Waals surface area contributed by atoms with E-state index in [0.29, 0.717) is 0 Å². The summed E-state index contributed by atoms with van der Waals surface area (Å²) in [6, 6.07) is 0.275. The Kier molecular flexibility index (Phi) is 6.65. The van der Waals surface area contributed by atoms with Crippen LogP contribution in [-0.4, -0.2) is 36.0 Å². The number of hydrogen-bond donors (Lipinski definition) is 1. The highest BCUT2D eigenvalue weighted by Gasteiger charge is 2.31. The van der Waals surface area contributed by atoms with Crippen LogP contribution in [0.25, 0.3) is 0 Å². The van der Waals surface area contributed by atoms with Crippen LogP contribution in [0.1, 0.15) is 53.9 Å². The Morgan fingerprint density at radius 3 is 2.25 bits per heavy atom. The molecule has 16 heavy (non-hydrogen) atoms. The van der Waals surface area contributed by atoms with Crippen molar-refractivity contribution in [1.82, 2.24) is 10.2 Å². The van der Waals surface area contributed by atoms with Gasteiger partial charge in [0.05, 0.1) is 5.54 Å². The summed E-state index contributed by atoms with van der Waals surface area (Å²) in [5, 5.41) is 3.08. The summed E-state index contributed by atoms with van der Waals surface area (Å²) in [6.07, 6.45) is 3.48. The third-order valence-corrected chi connectivity index (χ3v) is 3.05. The first-order chi connectivity index (χ1) is 7.36. The van der Waals surface area contributed by atoms with Gasteiger partial charge in [0.25, 0.3) is 0 Å². The number of hydrogen-bond acceptors (Lipinski definition) is 2. The molecule has 0 aromatic rings. The molecule has 0 aromatic carbocycles. The standard InChI is InChI=1S/C13H28N2O/c1-7-8-9-10-15(11(2)3)12(16)13(4,5)14-6/h11,14H,7-10H2,1-6H3. The Hall–Kier alpha value is -0.570. The molecule has 0 aliphatic carbocycles. The van der Waals surface area contributed by atoms with E-state index in [-0.39, 0.29) is 11.9 Å². The summed E-state index contributed by atoms with van der Waals surface area (Å²) in [7, 11) is 1.84. The average molecular weight is 228 g/mol. The van der Waals surface area contributed by atoms with Crippen LogP contribution in [0.15, 0.2) is 0 Å². The fourth-order valence-corrected chi connectivity index (χ4v) is 1.59. The van der Waals surface area contributed by atoms with E-state index in [1.54, 1.807) is 0 Å². The van der Waals surface area contributed by atoms with Crippen molar-refractivity contribution in [2.24, 2.45) is 0 Å². The van der Waals surface area contributed by atoms with Crippen LogP contribution in [0.5, 0.6) is 0 Å². The maximum absolute atomic E-state index is 12.3. The van der Waals surface area contributed by atoms with E-state index in [1.165, 1.54) is 12.8 Å². The summed E-state index contributed by atoms with van der Waals surface area (Å²) in [5.74, 6) is 0.195. The molecule has 0 atom stereocenters. The second-order valence-corrected chi connectivity index (χ2v) is 5.17. The molecular formula is C13H28N2O. The molecule has 3 heteroatoms. The zero-order valence-corrected chi connectivity index (χ0v) is 11.8. The summed E-state index contributed by atoms with van der Waals surface area (Å²) < 4.78 is 0. The first-order valence-corrected chi connectivity index (χ1v) is 6.36. The molecule has 0 saturated heterocycles. The Morgan fingerprint density at radius 1 is 1.31 bits per heavy atom. The number of likely N-dealkylation sites (N-methyl/N-ethyl adjacent to an activating group) is 1. The summed E-state index contributed by atoms with van der Waals surface area (Å²) in [4.78, 5) is 14.3. The van der Waals surface area contributed by atoms with E-state index >= 15 is 0 Å². The lowest BCUT2D eigenvalue weighted by molar-refractivity contribution is -0.138. The number of nitrogens with zero attached hydrogens (tertiary/aromatic N) is 1. The number of nitrogens with one attached hydrogen (secondary N) is 1.